The van der Waals surface area contributed by atoms with Gasteiger partial charge in [0.15, 0.2) is 12.2 Å². The molecule has 0 bridgehead atoms. The normalized spacial score (nSPS) is 15.2. The van der Waals surface area contributed by atoms with E-state index in [9.17, 15) is 68.1 Å². The van der Waals surface area contributed by atoms with Crippen molar-refractivity contribution < 1.29 is 105 Å². The SMILES string of the molecule is CCCCCCC=CCCCC(=O)O[C@H](CCCCCCC)CC(=O)NC(COCC[C@H](O)CCCCCCC)COP(=O)(O)OCCNC(=O)[C@@H](O)[C@H](O)C(=O)NCCOP(=O)(O)OCC(COCC[C@H](O)CCCCCCC)NC(=O)C[C@@H](CCCCCCC)OC(=O)CCCC=CCCCCCC. The van der Waals surface area contributed by atoms with E-state index in [1.54, 1.807) is 0 Å². The van der Waals surface area contributed by atoms with Crippen LogP contribution < -0.4 is 21.3 Å². The summed E-state index contributed by atoms with van der Waals surface area (Å²) in [7, 11) is -9.82. The molecule has 0 saturated carbocycles. The molecule has 0 saturated heterocycles. The molecule has 0 aliphatic carbocycles. The molecule has 28 heteroatoms. The number of hydrogen-bond acceptors (Lipinski definition) is 20. The lowest BCUT2D eigenvalue weighted by atomic mass is 10.1. The smallest absolute Gasteiger partial charge is 0.462 e. The van der Waals surface area contributed by atoms with Crippen LogP contribution in [0.15, 0.2) is 24.3 Å². The van der Waals surface area contributed by atoms with E-state index in [0.29, 0.717) is 51.4 Å². The molecule has 26 nitrogen and oxygen atoms in total. The standard InChI is InChI=1S/C78H148N4O22P2/c1-7-13-19-25-27-29-31-37-43-49-73(87)103-69(47-41-35-23-17-11-5)59-71(85)81-65(61-97-55-51-67(83)45-39-33-21-15-9-3)63-101-105(93,94)99-57-53-79-77(91)75(89)76(90)78(92)80-54-58-100-106(95,96)102-64-66(62-98-56-52-68(84)46-40-34-22-16-10-4)82-72(86)60-70(48-42-36-24-18-12-6)104-74(88)50-44-38-32-30-28-26-20-14-8-2/h29-32,65-70,75-76,83-84,89-90H,7-28,33-64H2,1-6H3,(H,79,91)(H,80,92)(H,81,85)(H,82,86)(H,93,94)(H,95,96)/t65?,66?,67-,68-,69-,70-,75+,76+/m1/s1. The monoisotopic (exact) mass is 1560 g/mol. The van der Waals surface area contributed by atoms with Gasteiger partial charge in [-0.15, -0.1) is 0 Å². The number of amides is 4. The Morgan fingerprint density at radius 1 is 0.358 bits per heavy atom. The highest BCUT2D eigenvalue weighted by molar-refractivity contribution is 7.47. The maximum Gasteiger partial charge on any atom is 0.472 e. The predicted octanol–water partition coefficient (Wildman–Crippen LogP) is 14.2. The topological polar surface area (TPSA) is 380 Å². The number of unbranched alkanes of at least 4 members (excludes halogenated alkanes) is 26. The summed E-state index contributed by atoms with van der Waals surface area (Å²) in [5, 5.41) is 52.2. The van der Waals surface area contributed by atoms with Crippen LogP contribution in [0.4, 0.5) is 0 Å². The average Bonchev–Trinajstić information content (AvgIpc) is 0.903. The lowest BCUT2D eigenvalue weighted by Crippen LogP contribution is -2.50. The fourth-order valence-electron chi connectivity index (χ4n) is 11.4. The zero-order chi connectivity index (χ0) is 78.6. The summed E-state index contributed by atoms with van der Waals surface area (Å²) < 4.78 is 70.3. The predicted molar refractivity (Wildman–Crippen MR) is 414 cm³/mol. The van der Waals surface area contributed by atoms with Crippen molar-refractivity contribution in [3.63, 3.8) is 0 Å². The third kappa shape index (κ3) is 64.0. The number of phosphoric acid groups is 2. The first-order valence-electron chi connectivity index (χ1n) is 41.0. The molecule has 0 heterocycles. The first-order chi connectivity index (χ1) is 51.0. The highest BCUT2D eigenvalue weighted by atomic mass is 31.2. The summed E-state index contributed by atoms with van der Waals surface area (Å²) in [6, 6.07) is -2.02. The van der Waals surface area contributed by atoms with Gasteiger partial charge >= 0.3 is 27.6 Å². The number of aliphatic hydroxyl groups is 4. The van der Waals surface area contributed by atoms with Gasteiger partial charge in [0, 0.05) is 39.1 Å². The quantitative estimate of drug-likeness (QED) is 0.0117. The third-order valence-electron chi connectivity index (χ3n) is 17.8. The molecular weight excluding hydrogens is 1410 g/mol. The van der Waals surface area contributed by atoms with Crippen LogP contribution in [0.25, 0.3) is 0 Å². The van der Waals surface area contributed by atoms with Gasteiger partial charge in [-0.25, -0.2) is 9.13 Å². The van der Waals surface area contributed by atoms with Crippen LogP contribution in [0.5, 0.6) is 0 Å². The minimum absolute atomic E-state index is 0.111. The lowest BCUT2D eigenvalue weighted by Gasteiger charge is -2.23. The fourth-order valence-corrected chi connectivity index (χ4v) is 13.0. The van der Waals surface area contributed by atoms with Crippen molar-refractivity contribution in [1.29, 1.82) is 0 Å². The largest absolute Gasteiger partial charge is 0.472 e. The van der Waals surface area contributed by atoms with Gasteiger partial charge in [-0.2, -0.15) is 0 Å². The van der Waals surface area contributed by atoms with E-state index in [2.05, 4.69) is 87.1 Å². The van der Waals surface area contributed by atoms with Crippen LogP contribution in [0.3, 0.4) is 0 Å². The number of ether oxygens (including phenoxy) is 4. The second-order valence-corrected chi connectivity index (χ2v) is 31.0. The lowest BCUT2D eigenvalue weighted by molar-refractivity contribution is -0.152. The van der Waals surface area contributed by atoms with Crippen molar-refractivity contribution >= 4 is 51.2 Å². The summed E-state index contributed by atoms with van der Waals surface area (Å²) in [5.74, 6) is -4.42. The average molecular weight is 1560 g/mol. The van der Waals surface area contributed by atoms with Crippen molar-refractivity contribution in [3.05, 3.63) is 24.3 Å². The second kappa shape index (κ2) is 70.4. The van der Waals surface area contributed by atoms with E-state index in [0.717, 1.165) is 167 Å². The van der Waals surface area contributed by atoms with E-state index in [1.165, 1.54) is 38.5 Å². The molecule has 4 unspecified atom stereocenters. The number of hydrogen-bond donors (Lipinski definition) is 10. The highest BCUT2D eigenvalue weighted by Gasteiger charge is 2.32. The number of carbonyl (C=O) groups excluding carboxylic acids is 6. The van der Waals surface area contributed by atoms with Crippen LogP contribution in [0.1, 0.15) is 324 Å². The van der Waals surface area contributed by atoms with Gasteiger partial charge in [0.25, 0.3) is 11.8 Å². The van der Waals surface area contributed by atoms with E-state index in [-0.39, 0.29) is 52.1 Å². The number of carbonyl (C=O) groups is 6. The molecule has 0 aromatic rings. The van der Waals surface area contributed by atoms with E-state index in [1.807, 2.05) is 0 Å². The fraction of sp³-hybridized carbons (Fsp3) is 0.872. The molecule has 0 aliphatic rings. The van der Waals surface area contributed by atoms with Crippen molar-refractivity contribution in [2.45, 2.75) is 373 Å². The van der Waals surface area contributed by atoms with Crippen LogP contribution in [0.2, 0.25) is 0 Å². The maximum atomic E-state index is 13.7. The molecular formula is C78H148N4O22P2. The summed E-state index contributed by atoms with van der Waals surface area (Å²) in [4.78, 5) is 100. The van der Waals surface area contributed by atoms with Crippen LogP contribution in [-0.4, -0.2) is 180 Å². The van der Waals surface area contributed by atoms with E-state index < -0.39 is 139 Å². The zero-order valence-corrected chi connectivity index (χ0v) is 68.0. The first kappa shape index (κ1) is 102. The molecule has 106 heavy (non-hydrogen) atoms. The summed E-state index contributed by atoms with van der Waals surface area (Å²) in [6.45, 7) is 9.09. The Balaban J connectivity index is 5.72. The molecule has 0 aromatic heterocycles. The van der Waals surface area contributed by atoms with Crippen LogP contribution in [0, 0.1) is 0 Å². The molecule has 0 rings (SSSR count). The number of phosphoric ester groups is 2. The Kier molecular flexibility index (Phi) is 67.9. The van der Waals surface area contributed by atoms with Crippen LogP contribution in [-0.2, 0) is 74.9 Å². The van der Waals surface area contributed by atoms with E-state index >= 15 is 0 Å². The molecule has 10 N–H and O–H groups in total. The van der Waals surface area contributed by atoms with Gasteiger partial charge < -0.3 is 70.4 Å². The summed E-state index contributed by atoms with van der Waals surface area (Å²) in [6.07, 6.45) is 37.6. The van der Waals surface area contributed by atoms with E-state index in [4.69, 9.17) is 37.0 Å². The van der Waals surface area contributed by atoms with Crippen LogP contribution >= 0.6 is 15.6 Å². The molecule has 0 radical (unpaired) electrons. The Morgan fingerprint density at radius 3 is 0.991 bits per heavy atom. The van der Waals surface area contributed by atoms with Gasteiger partial charge in [0.05, 0.1) is 76.8 Å². The molecule has 4 amide bonds. The van der Waals surface area contributed by atoms with Gasteiger partial charge in [0.2, 0.25) is 11.8 Å². The minimum atomic E-state index is -4.91. The molecule has 622 valence electrons. The Hall–Kier alpha value is -3.72. The Bertz CT molecular complexity index is 2190. The number of esters is 2. The van der Waals surface area contributed by atoms with Crippen molar-refractivity contribution in [3.8, 4) is 0 Å². The number of allylic oxidation sites excluding steroid dienone is 4. The van der Waals surface area contributed by atoms with Gasteiger partial charge in [0.1, 0.15) is 12.2 Å². The summed E-state index contributed by atoms with van der Waals surface area (Å²) >= 11 is 0. The number of nitrogens with one attached hydrogen (secondary N) is 4. The molecule has 0 aliphatic heterocycles. The minimum Gasteiger partial charge on any atom is -0.462 e. The van der Waals surface area contributed by atoms with Crippen molar-refractivity contribution in [2.75, 3.05) is 65.9 Å². The van der Waals surface area contributed by atoms with Crippen molar-refractivity contribution in [2.24, 2.45) is 0 Å². The Morgan fingerprint density at radius 2 is 0.660 bits per heavy atom. The first-order valence-corrected chi connectivity index (χ1v) is 44.0. The summed E-state index contributed by atoms with van der Waals surface area (Å²) in [5.41, 5.74) is 0. The molecule has 10 atom stereocenters. The number of rotatable bonds is 77. The van der Waals surface area contributed by atoms with Gasteiger partial charge in [-0.3, -0.25) is 46.9 Å². The van der Waals surface area contributed by atoms with Gasteiger partial charge in [-0.1, -0.05) is 220 Å². The molecule has 0 spiro atoms. The zero-order valence-electron chi connectivity index (χ0n) is 66.2. The molecule has 0 fully saturated rings. The maximum absolute atomic E-state index is 13.7. The highest BCUT2D eigenvalue weighted by Crippen LogP contribution is 2.44. The van der Waals surface area contributed by atoms with Gasteiger partial charge in [-0.05, 0) is 103 Å². The number of aliphatic hydroxyl groups excluding tert-OH is 4. The second-order valence-electron chi connectivity index (χ2n) is 28.1. The Labute approximate surface area is 637 Å². The third-order valence-corrected chi connectivity index (χ3v) is 19.8. The van der Waals surface area contributed by atoms with Crippen molar-refractivity contribution in [1.82, 2.24) is 21.3 Å². The molecule has 0 aromatic carbocycles.